The van der Waals surface area contributed by atoms with Gasteiger partial charge < -0.3 is 4.74 Å². The number of ether oxygens (including phenoxy) is 1. The zero-order valence-electron chi connectivity index (χ0n) is 10.8. The molecule has 0 amide bonds. The van der Waals surface area contributed by atoms with Crippen LogP contribution in [-0.2, 0) is 12.6 Å². The predicted molar refractivity (Wildman–Crippen MR) is 70.1 cm³/mol. The van der Waals surface area contributed by atoms with Crippen molar-refractivity contribution in [1.82, 2.24) is 15.0 Å². The Morgan fingerprint density at radius 3 is 2.52 bits per heavy atom. The third-order valence-electron chi connectivity index (χ3n) is 2.57. The summed E-state index contributed by atoms with van der Waals surface area (Å²) in [6.07, 6.45) is 0.133. The number of hydrogen-bond donors (Lipinski definition) is 0. The lowest BCUT2D eigenvalue weighted by Gasteiger charge is -2.09. The van der Waals surface area contributed by atoms with Gasteiger partial charge in [0.2, 0.25) is 11.2 Å². The van der Waals surface area contributed by atoms with Crippen LogP contribution in [0.3, 0.4) is 0 Å². The minimum Gasteiger partial charge on any atom is -0.478 e. The van der Waals surface area contributed by atoms with E-state index in [2.05, 4.69) is 15.0 Å². The third-order valence-corrected chi connectivity index (χ3v) is 2.74. The molecule has 21 heavy (non-hydrogen) atoms. The Morgan fingerprint density at radius 2 is 1.86 bits per heavy atom. The maximum absolute atomic E-state index is 12.5. The summed E-state index contributed by atoms with van der Waals surface area (Å²) < 4.78 is 42.8. The zero-order valence-corrected chi connectivity index (χ0v) is 11.5. The van der Waals surface area contributed by atoms with E-state index >= 15 is 0 Å². The summed E-state index contributed by atoms with van der Waals surface area (Å²) in [6.45, 7) is 0.229. The lowest BCUT2D eigenvalue weighted by molar-refractivity contribution is -0.141. The van der Waals surface area contributed by atoms with Crippen LogP contribution in [0, 0.1) is 0 Å². The van der Waals surface area contributed by atoms with Gasteiger partial charge >= 0.3 is 6.18 Å². The van der Waals surface area contributed by atoms with Gasteiger partial charge in [-0.3, -0.25) is 4.98 Å². The molecule has 0 aromatic carbocycles. The van der Waals surface area contributed by atoms with Crippen LogP contribution in [-0.4, -0.2) is 21.6 Å². The van der Waals surface area contributed by atoms with Crippen molar-refractivity contribution in [3.05, 3.63) is 47.1 Å². The molecule has 0 atom stereocenters. The Bertz CT molecular complexity index is 593. The monoisotopic (exact) mass is 317 g/mol. The molecule has 2 aromatic heterocycles. The summed E-state index contributed by atoms with van der Waals surface area (Å²) in [7, 11) is 0. The van der Waals surface area contributed by atoms with E-state index in [1.807, 2.05) is 12.1 Å². The number of halogens is 4. The molecule has 0 aliphatic carbocycles. The SMILES string of the molecule is FC(F)(F)c1cc(OCCCc2ccncc2)nc(Cl)n1. The second kappa shape index (κ2) is 6.71. The smallest absolute Gasteiger partial charge is 0.433 e. The van der Waals surface area contributed by atoms with Crippen molar-refractivity contribution < 1.29 is 17.9 Å². The van der Waals surface area contributed by atoms with Crippen LogP contribution in [0.5, 0.6) is 5.88 Å². The molecule has 0 unspecified atom stereocenters. The van der Waals surface area contributed by atoms with E-state index in [4.69, 9.17) is 16.3 Å². The lowest BCUT2D eigenvalue weighted by atomic mass is 10.1. The highest BCUT2D eigenvalue weighted by atomic mass is 35.5. The highest BCUT2D eigenvalue weighted by Gasteiger charge is 2.33. The van der Waals surface area contributed by atoms with Gasteiger partial charge in [0.05, 0.1) is 6.61 Å². The minimum absolute atomic E-state index is 0.183. The average Bonchev–Trinajstić information content (AvgIpc) is 2.43. The summed E-state index contributed by atoms with van der Waals surface area (Å²) >= 11 is 5.46. The molecule has 4 nitrogen and oxygen atoms in total. The molecule has 0 aliphatic rings. The normalized spacial score (nSPS) is 11.4. The molecule has 0 aliphatic heterocycles. The van der Waals surface area contributed by atoms with Gasteiger partial charge in [-0.1, -0.05) is 0 Å². The largest absolute Gasteiger partial charge is 0.478 e. The Hall–Kier alpha value is -1.89. The molecule has 112 valence electrons. The fraction of sp³-hybridized carbons (Fsp3) is 0.308. The summed E-state index contributed by atoms with van der Waals surface area (Å²) in [6, 6.07) is 4.46. The molecule has 0 radical (unpaired) electrons. The summed E-state index contributed by atoms with van der Waals surface area (Å²) in [4.78, 5) is 10.6. The predicted octanol–water partition coefficient (Wildman–Crippen LogP) is 3.56. The fourth-order valence-electron chi connectivity index (χ4n) is 1.62. The number of nitrogens with zero attached hydrogens (tertiary/aromatic N) is 3. The second-order valence-electron chi connectivity index (χ2n) is 4.17. The number of alkyl halides is 3. The van der Waals surface area contributed by atoms with Gasteiger partial charge in [0, 0.05) is 18.5 Å². The standard InChI is InChI=1S/C13H11ClF3N3O/c14-12-19-10(13(15,16)17)8-11(20-12)21-7-1-2-9-3-5-18-6-4-9/h3-6,8H,1-2,7H2. The molecular formula is C13H11ClF3N3O. The fourth-order valence-corrected chi connectivity index (χ4v) is 1.79. The van der Waals surface area contributed by atoms with Crippen molar-refractivity contribution in [2.45, 2.75) is 19.0 Å². The van der Waals surface area contributed by atoms with Crippen molar-refractivity contribution in [2.24, 2.45) is 0 Å². The first-order valence-corrected chi connectivity index (χ1v) is 6.46. The van der Waals surface area contributed by atoms with Crippen LogP contribution in [0.4, 0.5) is 13.2 Å². The van der Waals surface area contributed by atoms with Gasteiger partial charge in [-0.25, -0.2) is 4.98 Å². The van der Waals surface area contributed by atoms with Crippen LogP contribution < -0.4 is 4.74 Å². The topological polar surface area (TPSA) is 47.9 Å². The van der Waals surface area contributed by atoms with E-state index in [0.29, 0.717) is 6.42 Å². The van der Waals surface area contributed by atoms with Crippen LogP contribution in [0.25, 0.3) is 0 Å². The highest BCUT2D eigenvalue weighted by molar-refractivity contribution is 6.28. The van der Waals surface area contributed by atoms with Gasteiger partial charge in [-0.15, -0.1) is 0 Å². The Labute approximate surface area is 124 Å². The molecule has 2 heterocycles. The van der Waals surface area contributed by atoms with Gasteiger partial charge in [-0.05, 0) is 42.1 Å². The van der Waals surface area contributed by atoms with Gasteiger partial charge in [0.25, 0.3) is 0 Å². The van der Waals surface area contributed by atoms with E-state index in [1.165, 1.54) is 0 Å². The number of aromatic nitrogens is 3. The molecule has 2 aromatic rings. The molecular weight excluding hydrogens is 307 g/mol. The minimum atomic E-state index is -4.58. The van der Waals surface area contributed by atoms with E-state index in [0.717, 1.165) is 18.1 Å². The van der Waals surface area contributed by atoms with Crippen molar-refractivity contribution >= 4 is 11.6 Å². The highest BCUT2D eigenvalue weighted by Crippen LogP contribution is 2.30. The third kappa shape index (κ3) is 4.86. The zero-order chi connectivity index (χ0) is 15.3. The van der Waals surface area contributed by atoms with Crippen molar-refractivity contribution in [1.29, 1.82) is 0 Å². The molecule has 0 saturated heterocycles. The van der Waals surface area contributed by atoms with Gasteiger partial charge in [0.1, 0.15) is 0 Å². The maximum atomic E-state index is 12.5. The summed E-state index contributed by atoms with van der Waals surface area (Å²) in [5.74, 6) is -0.183. The molecule has 0 bridgehead atoms. The average molecular weight is 318 g/mol. The Morgan fingerprint density at radius 1 is 1.14 bits per heavy atom. The van der Waals surface area contributed by atoms with Crippen LogP contribution in [0.2, 0.25) is 5.28 Å². The molecule has 8 heteroatoms. The lowest BCUT2D eigenvalue weighted by Crippen LogP contribution is -2.10. The molecule has 2 rings (SSSR count). The first kappa shape index (κ1) is 15.5. The van der Waals surface area contributed by atoms with E-state index in [1.54, 1.807) is 12.4 Å². The molecule has 0 N–H and O–H groups in total. The van der Waals surface area contributed by atoms with E-state index in [-0.39, 0.29) is 12.5 Å². The van der Waals surface area contributed by atoms with Crippen molar-refractivity contribution in [3.63, 3.8) is 0 Å². The van der Waals surface area contributed by atoms with Crippen LogP contribution >= 0.6 is 11.6 Å². The molecule has 0 spiro atoms. The van der Waals surface area contributed by atoms with Gasteiger partial charge in [-0.2, -0.15) is 18.2 Å². The number of aryl methyl sites for hydroxylation is 1. The quantitative estimate of drug-likeness (QED) is 0.625. The molecule has 0 fully saturated rings. The molecule has 0 saturated carbocycles. The maximum Gasteiger partial charge on any atom is 0.433 e. The summed E-state index contributed by atoms with van der Waals surface area (Å²) in [5, 5.41) is -0.492. The van der Waals surface area contributed by atoms with Crippen molar-refractivity contribution in [2.75, 3.05) is 6.61 Å². The van der Waals surface area contributed by atoms with E-state index < -0.39 is 17.2 Å². The van der Waals surface area contributed by atoms with Crippen LogP contribution in [0.1, 0.15) is 17.7 Å². The van der Waals surface area contributed by atoms with Gasteiger partial charge in [0.15, 0.2) is 5.69 Å². The Kier molecular flexibility index (Phi) is 4.95. The Balaban J connectivity index is 1.90. The summed E-state index contributed by atoms with van der Waals surface area (Å²) in [5.41, 5.74) is -0.0445. The number of hydrogen-bond acceptors (Lipinski definition) is 4. The van der Waals surface area contributed by atoms with Crippen LogP contribution in [0.15, 0.2) is 30.6 Å². The van der Waals surface area contributed by atoms with E-state index in [9.17, 15) is 13.2 Å². The van der Waals surface area contributed by atoms with Crippen molar-refractivity contribution in [3.8, 4) is 5.88 Å². The first-order valence-electron chi connectivity index (χ1n) is 6.08. The number of rotatable bonds is 5. The number of pyridine rings is 1. The second-order valence-corrected chi connectivity index (χ2v) is 4.50. The first-order chi connectivity index (χ1) is 9.95.